The lowest BCUT2D eigenvalue weighted by Gasteiger charge is -2.17. The van der Waals surface area contributed by atoms with Gasteiger partial charge in [-0.1, -0.05) is 12.2 Å². The smallest absolute Gasteiger partial charge is 0.252 e. The number of carbonyl (C=O) groups excluding carboxylic acids is 1. The van der Waals surface area contributed by atoms with Gasteiger partial charge < -0.3 is 5.32 Å². The number of aromatic nitrogens is 4. The third-order valence-corrected chi connectivity index (χ3v) is 5.33. The normalized spacial score (nSPS) is 27.6. The fourth-order valence-corrected chi connectivity index (χ4v) is 3.92. The van der Waals surface area contributed by atoms with E-state index >= 15 is 0 Å². The average molecular weight is 321 g/mol. The summed E-state index contributed by atoms with van der Waals surface area (Å²) >= 11 is 0. The Bertz CT molecular complexity index is 808. The van der Waals surface area contributed by atoms with E-state index in [1.165, 1.54) is 0 Å². The lowest BCUT2D eigenvalue weighted by molar-refractivity contribution is -0.120. The van der Waals surface area contributed by atoms with Crippen molar-refractivity contribution in [2.45, 2.75) is 31.6 Å². The Morgan fingerprint density at radius 1 is 1.17 bits per heavy atom. The van der Waals surface area contributed by atoms with Gasteiger partial charge in [-0.25, -0.2) is 9.97 Å². The molecule has 3 aliphatic rings. The number of anilines is 1. The van der Waals surface area contributed by atoms with Crippen molar-refractivity contribution in [1.82, 2.24) is 19.7 Å². The molecule has 2 saturated carbocycles. The molecule has 2 bridgehead atoms. The minimum atomic E-state index is 0.0735. The Morgan fingerprint density at radius 2 is 2.00 bits per heavy atom. The quantitative estimate of drug-likeness (QED) is 0.879. The van der Waals surface area contributed by atoms with Gasteiger partial charge in [0.1, 0.15) is 5.82 Å². The predicted octanol–water partition coefficient (Wildman–Crippen LogP) is 2.69. The lowest BCUT2D eigenvalue weighted by Crippen LogP contribution is -2.27. The number of carbonyl (C=O) groups is 1. The molecule has 5 rings (SSSR count). The number of hydrogen-bond acceptors (Lipinski definition) is 4. The summed E-state index contributed by atoms with van der Waals surface area (Å²) in [5.74, 6) is 2.82. The third kappa shape index (κ3) is 2.33. The van der Waals surface area contributed by atoms with E-state index < -0.39 is 0 Å². The minimum Gasteiger partial charge on any atom is -0.310 e. The van der Waals surface area contributed by atoms with Crippen LogP contribution in [0.15, 0.2) is 36.7 Å². The summed E-state index contributed by atoms with van der Waals surface area (Å²) in [7, 11) is 0. The van der Waals surface area contributed by atoms with E-state index in [1.54, 1.807) is 23.1 Å². The van der Waals surface area contributed by atoms with Gasteiger partial charge >= 0.3 is 0 Å². The van der Waals surface area contributed by atoms with Crippen LogP contribution in [0.5, 0.6) is 0 Å². The van der Waals surface area contributed by atoms with Crippen molar-refractivity contribution in [2.75, 3.05) is 5.32 Å². The molecule has 6 nitrogen and oxygen atoms in total. The summed E-state index contributed by atoms with van der Waals surface area (Å²) in [6.07, 6.45) is 12.2. The van der Waals surface area contributed by atoms with Crippen LogP contribution in [0, 0.1) is 17.8 Å². The van der Waals surface area contributed by atoms with Gasteiger partial charge in [0.2, 0.25) is 5.91 Å². The van der Waals surface area contributed by atoms with Gasteiger partial charge in [0, 0.05) is 30.3 Å². The highest BCUT2D eigenvalue weighted by molar-refractivity contribution is 5.92. The van der Waals surface area contributed by atoms with Gasteiger partial charge in [0.25, 0.3) is 5.95 Å². The maximum absolute atomic E-state index is 12.8. The standard InChI is InChI=1S/C18H19N5O/c24-17(14-9-11-2-3-13(14)8-11)21-16-10-15(12-4-5-12)22-23(16)18-19-6-1-7-20-18/h1-3,6-7,10-14H,4-5,8-9H2,(H,21,24)/t11-,13+,14+/m1/s1. The highest BCUT2D eigenvalue weighted by Gasteiger charge is 2.40. The number of allylic oxidation sites excluding steroid dienone is 2. The number of amides is 1. The Morgan fingerprint density at radius 3 is 2.67 bits per heavy atom. The van der Waals surface area contributed by atoms with E-state index in [2.05, 4.69) is 32.5 Å². The largest absolute Gasteiger partial charge is 0.310 e. The molecule has 0 radical (unpaired) electrons. The van der Waals surface area contributed by atoms with E-state index in [0.29, 0.717) is 29.5 Å². The molecule has 2 aromatic heterocycles. The summed E-state index contributed by atoms with van der Waals surface area (Å²) in [5.41, 5.74) is 1.02. The molecule has 0 spiro atoms. The highest BCUT2D eigenvalue weighted by atomic mass is 16.2. The van der Waals surface area contributed by atoms with Gasteiger partial charge in [-0.05, 0) is 43.6 Å². The van der Waals surface area contributed by atoms with Crippen molar-refractivity contribution in [3.8, 4) is 5.95 Å². The number of rotatable bonds is 4. The molecule has 1 N–H and O–H groups in total. The molecule has 2 heterocycles. The Balaban J connectivity index is 1.44. The lowest BCUT2D eigenvalue weighted by atomic mass is 9.93. The van der Waals surface area contributed by atoms with Crippen molar-refractivity contribution >= 4 is 11.7 Å². The molecule has 6 heteroatoms. The number of nitrogens with one attached hydrogen (secondary N) is 1. The summed E-state index contributed by atoms with van der Waals surface area (Å²) < 4.78 is 1.66. The first kappa shape index (κ1) is 13.9. The fraction of sp³-hybridized carbons (Fsp3) is 0.444. The average Bonchev–Trinajstić information content (AvgIpc) is 3.05. The summed E-state index contributed by atoms with van der Waals surface area (Å²) in [6, 6.07) is 3.75. The molecule has 3 atom stereocenters. The first-order valence-electron chi connectivity index (χ1n) is 8.64. The van der Waals surface area contributed by atoms with E-state index in [4.69, 9.17) is 0 Å². The Kier molecular flexibility index (Phi) is 3.04. The molecule has 2 fully saturated rings. The maximum atomic E-state index is 12.8. The summed E-state index contributed by atoms with van der Waals surface area (Å²) in [6.45, 7) is 0. The van der Waals surface area contributed by atoms with Crippen molar-refractivity contribution < 1.29 is 4.79 Å². The molecular weight excluding hydrogens is 302 g/mol. The molecule has 0 unspecified atom stereocenters. The molecule has 3 aliphatic carbocycles. The molecule has 1 amide bonds. The first-order chi connectivity index (χ1) is 11.8. The van der Waals surface area contributed by atoms with Gasteiger partial charge in [-0.2, -0.15) is 9.78 Å². The van der Waals surface area contributed by atoms with E-state index in [9.17, 15) is 4.79 Å². The molecular formula is C18H19N5O. The number of hydrogen-bond donors (Lipinski definition) is 1. The second kappa shape index (κ2) is 5.26. The van der Waals surface area contributed by atoms with Crippen LogP contribution in [-0.4, -0.2) is 25.7 Å². The van der Waals surface area contributed by atoms with Crippen LogP contribution in [0.1, 0.15) is 37.3 Å². The second-order valence-corrected chi connectivity index (χ2v) is 7.07. The molecule has 0 aromatic carbocycles. The monoisotopic (exact) mass is 321 g/mol. The van der Waals surface area contributed by atoms with Crippen molar-refractivity contribution in [3.05, 3.63) is 42.4 Å². The zero-order valence-corrected chi connectivity index (χ0v) is 13.3. The van der Waals surface area contributed by atoms with Gasteiger partial charge in [-0.3, -0.25) is 4.79 Å². The first-order valence-corrected chi connectivity index (χ1v) is 8.64. The Hall–Kier alpha value is -2.50. The molecule has 122 valence electrons. The van der Waals surface area contributed by atoms with Gasteiger partial charge in [-0.15, -0.1) is 0 Å². The number of nitrogens with zero attached hydrogens (tertiary/aromatic N) is 4. The van der Waals surface area contributed by atoms with Crippen molar-refractivity contribution in [3.63, 3.8) is 0 Å². The van der Waals surface area contributed by atoms with Gasteiger partial charge in [0.05, 0.1) is 5.69 Å². The Labute approximate surface area is 140 Å². The summed E-state index contributed by atoms with van der Waals surface area (Å²) in [5, 5.41) is 7.72. The van der Waals surface area contributed by atoms with Crippen LogP contribution >= 0.6 is 0 Å². The molecule has 24 heavy (non-hydrogen) atoms. The number of fused-ring (bicyclic) bond motifs is 2. The zero-order valence-electron chi connectivity index (χ0n) is 13.3. The van der Waals surface area contributed by atoms with Crippen LogP contribution in [0.25, 0.3) is 5.95 Å². The maximum Gasteiger partial charge on any atom is 0.252 e. The SMILES string of the molecule is O=C(Nc1cc(C2CC2)nn1-c1ncccn1)[C@H]1C[C@@H]2C=C[C@H]1C2. The van der Waals surface area contributed by atoms with Crippen LogP contribution in [0.4, 0.5) is 5.82 Å². The van der Waals surface area contributed by atoms with E-state index in [1.807, 2.05) is 6.07 Å². The predicted molar refractivity (Wildman–Crippen MR) is 88.6 cm³/mol. The topological polar surface area (TPSA) is 72.7 Å². The molecule has 2 aromatic rings. The highest BCUT2D eigenvalue weighted by Crippen LogP contribution is 2.44. The van der Waals surface area contributed by atoms with Crippen LogP contribution in [0.2, 0.25) is 0 Å². The van der Waals surface area contributed by atoms with Crippen molar-refractivity contribution in [1.29, 1.82) is 0 Å². The molecule has 0 aliphatic heterocycles. The second-order valence-electron chi connectivity index (χ2n) is 7.07. The zero-order chi connectivity index (χ0) is 16.1. The van der Waals surface area contributed by atoms with Crippen LogP contribution < -0.4 is 5.32 Å². The summed E-state index contributed by atoms with van der Waals surface area (Å²) in [4.78, 5) is 21.3. The van der Waals surface area contributed by atoms with Crippen LogP contribution in [-0.2, 0) is 4.79 Å². The van der Waals surface area contributed by atoms with E-state index in [-0.39, 0.29) is 11.8 Å². The minimum absolute atomic E-state index is 0.0735. The fourth-order valence-electron chi connectivity index (χ4n) is 3.92. The van der Waals surface area contributed by atoms with Crippen molar-refractivity contribution in [2.24, 2.45) is 17.8 Å². The van der Waals surface area contributed by atoms with E-state index in [0.717, 1.165) is 31.4 Å². The molecule has 0 saturated heterocycles. The van der Waals surface area contributed by atoms with Crippen LogP contribution in [0.3, 0.4) is 0 Å². The third-order valence-electron chi connectivity index (χ3n) is 5.33. The van der Waals surface area contributed by atoms with Gasteiger partial charge in [0.15, 0.2) is 0 Å².